The van der Waals surface area contributed by atoms with Crippen LogP contribution in [0.4, 0.5) is 13.2 Å². The lowest BCUT2D eigenvalue weighted by atomic mass is 10.1. The molecule has 1 aromatic rings. The van der Waals surface area contributed by atoms with Crippen LogP contribution in [0.15, 0.2) is 12.1 Å². The van der Waals surface area contributed by atoms with Gasteiger partial charge < -0.3 is 14.6 Å². The molecule has 1 aliphatic heterocycles. The Kier molecular flexibility index (Phi) is 5.58. The molecule has 1 aromatic carbocycles. The summed E-state index contributed by atoms with van der Waals surface area (Å²) in [7, 11) is 0. The van der Waals surface area contributed by atoms with Crippen LogP contribution < -0.4 is 0 Å². The minimum Gasteiger partial charge on any atom is -0.339 e. The van der Waals surface area contributed by atoms with Crippen molar-refractivity contribution in [3.63, 3.8) is 0 Å². The number of piperazine rings is 1. The van der Waals surface area contributed by atoms with Crippen molar-refractivity contribution < 1.29 is 27.6 Å². The van der Waals surface area contributed by atoms with Crippen LogP contribution in [0.2, 0.25) is 0 Å². The highest BCUT2D eigenvalue weighted by atomic mass is 19.2. The molecule has 0 atom stereocenters. The van der Waals surface area contributed by atoms with Gasteiger partial charge in [-0.2, -0.15) is 0 Å². The van der Waals surface area contributed by atoms with Crippen molar-refractivity contribution in [3.8, 4) is 0 Å². The van der Waals surface area contributed by atoms with Crippen LogP contribution in [-0.4, -0.2) is 53.6 Å². The number of Topliss-reactive ketones (excluding diaryl/α,β-unsaturated/α-hetero) is 1. The summed E-state index contributed by atoms with van der Waals surface area (Å²) in [5.41, 5.74) is -0.537. The fraction of sp³-hybridized carbons (Fsp3) is 0.438. The number of hydrogen-bond acceptors (Lipinski definition) is 3. The molecule has 1 fully saturated rings. The molecule has 0 bridgehead atoms. The Morgan fingerprint density at radius 1 is 0.917 bits per heavy atom. The first-order valence-corrected chi connectivity index (χ1v) is 7.51. The van der Waals surface area contributed by atoms with Gasteiger partial charge in [-0.3, -0.25) is 9.59 Å². The lowest BCUT2D eigenvalue weighted by Gasteiger charge is -2.35. The fourth-order valence-electron chi connectivity index (χ4n) is 2.46. The molecule has 0 aromatic heterocycles. The van der Waals surface area contributed by atoms with Crippen LogP contribution in [0.1, 0.15) is 30.1 Å². The summed E-state index contributed by atoms with van der Waals surface area (Å²) >= 11 is 0. The Hall–Kier alpha value is -2.38. The molecular weight excluding hydrogens is 325 g/mol. The summed E-state index contributed by atoms with van der Waals surface area (Å²) < 4.78 is 39.9. The Labute approximate surface area is 137 Å². The Morgan fingerprint density at radius 2 is 1.50 bits per heavy atom. The van der Waals surface area contributed by atoms with E-state index in [0.29, 0.717) is 6.07 Å². The molecule has 1 heterocycles. The lowest BCUT2D eigenvalue weighted by molar-refractivity contribution is -0.134. The second kappa shape index (κ2) is 7.46. The summed E-state index contributed by atoms with van der Waals surface area (Å²) in [5, 5.41) is 0. The first kappa shape index (κ1) is 18.0. The summed E-state index contributed by atoms with van der Waals surface area (Å²) in [5.74, 6) is -5.56. The smallest absolute Gasteiger partial charge is 0.257 e. The van der Waals surface area contributed by atoms with Gasteiger partial charge in [0.05, 0.1) is 5.56 Å². The van der Waals surface area contributed by atoms with Crippen LogP contribution in [0.25, 0.3) is 0 Å². The van der Waals surface area contributed by atoms with E-state index in [1.54, 1.807) is 0 Å². The third-order valence-electron chi connectivity index (χ3n) is 3.88. The number of carbonyl (C=O) groups excluding carboxylic acids is 3. The molecule has 1 saturated heterocycles. The van der Waals surface area contributed by atoms with Crippen molar-refractivity contribution in [1.82, 2.24) is 9.80 Å². The molecule has 0 saturated carbocycles. The second-order valence-electron chi connectivity index (χ2n) is 5.60. The predicted octanol–water partition coefficient (Wildman–Crippen LogP) is 1.76. The zero-order chi connectivity index (χ0) is 17.9. The van der Waals surface area contributed by atoms with Gasteiger partial charge in [0.25, 0.3) is 5.91 Å². The minimum absolute atomic E-state index is 0.0778. The normalized spacial score (nSPS) is 14.7. The molecule has 5 nitrogen and oxygen atoms in total. The van der Waals surface area contributed by atoms with Crippen LogP contribution >= 0.6 is 0 Å². The SMILES string of the molecule is CC(=O)CCC(=O)N1CCN(C(=O)c2ccc(F)c(F)c2F)CC1. The molecule has 0 unspecified atom stereocenters. The van der Waals surface area contributed by atoms with E-state index in [9.17, 15) is 27.6 Å². The highest BCUT2D eigenvalue weighted by molar-refractivity contribution is 5.94. The van der Waals surface area contributed by atoms with E-state index in [1.165, 1.54) is 16.7 Å². The third kappa shape index (κ3) is 3.93. The molecule has 0 N–H and O–H groups in total. The maximum absolute atomic E-state index is 13.7. The molecule has 2 rings (SSSR count). The zero-order valence-electron chi connectivity index (χ0n) is 13.2. The first-order chi connectivity index (χ1) is 11.3. The van der Waals surface area contributed by atoms with Gasteiger partial charge in [-0.15, -0.1) is 0 Å². The van der Waals surface area contributed by atoms with E-state index in [2.05, 4.69) is 0 Å². The molecule has 130 valence electrons. The number of hydrogen-bond donors (Lipinski definition) is 0. The third-order valence-corrected chi connectivity index (χ3v) is 3.88. The molecule has 0 spiro atoms. The number of ketones is 1. The van der Waals surface area contributed by atoms with Gasteiger partial charge in [0, 0.05) is 39.0 Å². The van der Waals surface area contributed by atoms with E-state index < -0.39 is 28.9 Å². The average molecular weight is 342 g/mol. The zero-order valence-corrected chi connectivity index (χ0v) is 13.2. The standard InChI is InChI=1S/C16H17F3N2O3/c1-10(22)2-5-13(23)20-6-8-21(9-7-20)16(24)11-3-4-12(17)15(19)14(11)18/h3-4H,2,5-9H2,1H3. The monoisotopic (exact) mass is 342 g/mol. The predicted molar refractivity (Wildman–Crippen MR) is 78.7 cm³/mol. The largest absolute Gasteiger partial charge is 0.339 e. The molecule has 24 heavy (non-hydrogen) atoms. The number of halogens is 3. The molecule has 0 aliphatic carbocycles. The van der Waals surface area contributed by atoms with Crippen LogP contribution in [0.3, 0.4) is 0 Å². The Bertz CT molecular complexity index is 671. The Balaban J connectivity index is 1.97. The molecule has 2 amide bonds. The maximum Gasteiger partial charge on any atom is 0.257 e. The number of rotatable bonds is 4. The van der Waals surface area contributed by atoms with Gasteiger partial charge in [0.1, 0.15) is 5.78 Å². The van der Waals surface area contributed by atoms with E-state index in [4.69, 9.17) is 0 Å². The highest BCUT2D eigenvalue weighted by Gasteiger charge is 2.27. The molecule has 8 heteroatoms. The molecule has 0 radical (unpaired) electrons. The number of carbonyl (C=O) groups is 3. The lowest BCUT2D eigenvalue weighted by Crippen LogP contribution is -2.50. The summed E-state index contributed by atoms with van der Waals surface area (Å²) in [4.78, 5) is 37.8. The summed E-state index contributed by atoms with van der Waals surface area (Å²) in [6, 6.07) is 1.60. The fourth-order valence-corrected chi connectivity index (χ4v) is 2.46. The van der Waals surface area contributed by atoms with Crippen molar-refractivity contribution >= 4 is 17.6 Å². The van der Waals surface area contributed by atoms with E-state index in [0.717, 1.165) is 6.07 Å². The van der Waals surface area contributed by atoms with Crippen molar-refractivity contribution in [2.75, 3.05) is 26.2 Å². The van der Waals surface area contributed by atoms with Gasteiger partial charge in [-0.05, 0) is 19.1 Å². The van der Waals surface area contributed by atoms with Crippen LogP contribution in [0.5, 0.6) is 0 Å². The minimum atomic E-state index is -1.68. The van der Waals surface area contributed by atoms with Crippen molar-refractivity contribution in [2.45, 2.75) is 19.8 Å². The van der Waals surface area contributed by atoms with E-state index >= 15 is 0 Å². The van der Waals surface area contributed by atoms with Gasteiger partial charge in [-0.25, -0.2) is 13.2 Å². The van der Waals surface area contributed by atoms with Gasteiger partial charge in [0.2, 0.25) is 5.91 Å². The van der Waals surface area contributed by atoms with Gasteiger partial charge >= 0.3 is 0 Å². The molecule has 1 aliphatic rings. The summed E-state index contributed by atoms with van der Waals surface area (Å²) in [6.07, 6.45) is 0.277. The topological polar surface area (TPSA) is 57.7 Å². The highest BCUT2D eigenvalue weighted by Crippen LogP contribution is 2.18. The number of nitrogens with zero attached hydrogens (tertiary/aromatic N) is 2. The van der Waals surface area contributed by atoms with Gasteiger partial charge in [0.15, 0.2) is 17.5 Å². The van der Waals surface area contributed by atoms with Crippen molar-refractivity contribution in [2.24, 2.45) is 0 Å². The maximum atomic E-state index is 13.7. The van der Waals surface area contributed by atoms with Crippen molar-refractivity contribution in [3.05, 3.63) is 35.1 Å². The second-order valence-corrected chi connectivity index (χ2v) is 5.60. The van der Waals surface area contributed by atoms with E-state index in [1.807, 2.05) is 0 Å². The number of benzene rings is 1. The Morgan fingerprint density at radius 3 is 2.08 bits per heavy atom. The van der Waals surface area contributed by atoms with Crippen molar-refractivity contribution in [1.29, 1.82) is 0 Å². The van der Waals surface area contributed by atoms with E-state index in [-0.39, 0.29) is 50.7 Å². The average Bonchev–Trinajstić information content (AvgIpc) is 2.57. The molecular formula is C16H17F3N2O3. The van der Waals surface area contributed by atoms with Gasteiger partial charge in [-0.1, -0.05) is 0 Å². The van der Waals surface area contributed by atoms with Crippen LogP contribution in [0, 0.1) is 17.5 Å². The first-order valence-electron chi connectivity index (χ1n) is 7.51. The number of amides is 2. The quantitative estimate of drug-likeness (QED) is 0.784. The van der Waals surface area contributed by atoms with Crippen LogP contribution in [-0.2, 0) is 9.59 Å². The summed E-state index contributed by atoms with van der Waals surface area (Å²) in [6.45, 7) is 2.20.